The fourth-order valence-electron chi connectivity index (χ4n) is 3.48. The van der Waals surface area contributed by atoms with Crippen molar-refractivity contribution < 1.29 is 4.74 Å². The van der Waals surface area contributed by atoms with Gasteiger partial charge in [-0.1, -0.05) is 6.92 Å². The van der Waals surface area contributed by atoms with E-state index in [9.17, 15) is 0 Å². The molecule has 0 aromatic carbocycles. The van der Waals surface area contributed by atoms with Gasteiger partial charge >= 0.3 is 0 Å². The van der Waals surface area contributed by atoms with Gasteiger partial charge in [0.15, 0.2) is 0 Å². The van der Waals surface area contributed by atoms with Crippen LogP contribution in [0, 0.1) is 5.92 Å². The highest BCUT2D eigenvalue weighted by molar-refractivity contribution is 5.00. The van der Waals surface area contributed by atoms with Crippen molar-refractivity contribution in [2.75, 3.05) is 26.2 Å². The Morgan fingerprint density at radius 3 is 2.73 bits per heavy atom. The summed E-state index contributed by atoms with van der Waals surface area (Å²) >= 11 is 0. The lowest BCUT2D eigenvalue weighted by Crippen LogP contribution is -2.70. The van der Waals surface area contributed by atoms with Gasteiger partial charge in [-0.05, 0) is 38.8 Å². The predicted molar refractivity (Wildman–Crippen MR) is 59.7 cm³/mol. The van der Waals surface area contributed by atoms with E-state index < -0.39 is 0 Å². The second kappa shape index (κ2) is 3.72. The van der Waals surface area contributed by atoms with Crippen molar-refractivity contribution >= 4 is 0 Å². The van der Waals surface area contributed by atoms with Gasteiger partial charge in [0, 0.05) is 19.0 Å². The van der Waals surface area contributed by atoms with Crippen LogP contribution in [0.5, 0.6) is 0 Å². The van der Waals surface area contributed by atoms with Crippen molar-refractivity contribution in [2.45, 2.75) is 44.4 Å². The Kier molecular flexibility index (Phi) is 2.49. The lowest BCUT2D eigenvalue weighted by atomic mass is 9.79. The maximum absolute atomic E-state index is 6.35. The smallest absolute Gasteiger partial charge is 0.135 e. The predicted octanol–water partition coefficient (Wildman–Crippen LogP) is 1.20. The molecule has 0 aliphatic carbocycles. The quantitative estimate of drug-likeness (QED) is 0.704. The van der Waals surface area contributed by atoms with E-state index in [-0.39, 0.29) is 5.72 Å². The summed E-state index contributed by atoms with van der Waals surface area (Å²) in [6.45, 7) is 7.07. The van der Waals surface area contributed by atoms with Crippen molar-refractivity contribution in [3.63, 3.8) is 0 Å². The molecule has 0 saturated carbocycles. The first-order valence-corrected chi connectivity index (χ1v) is 6.47. The molecule has 4 rings (SSSR count). The van der Waals surface area contributed by atoms with Gasteiger partial charge in [0.25, 0.3) is 0 Å². The van der Waals surface area contributed by atoms with Crippen LogP contribution in [0.2, 0.25) is 0 Å². The average molecular weight is 210 g/mol. The van der Waals surface area contributed by atoms with Crippen molar-refractivity contribution in [1.82, 2.24) is 10.2 Å². The molecule has 3 nitrogen and oxygen atoms in total. The Bertz CT molecular complexity index is 238. The molecule has 4 fully saturated rings. The number of fused-ring (bicyclic) bond motifs is 2. The van der Waals surface area contributed by atoms with Crippen LogP contribution in [-0.4, -0.2) is 42.9 Å². The zero-order valence-corrected chi connectivity index (χ0v) is 9.67. The summed E-state index contributed by atoms with van der Waals surface area (Å²) in [6, 6.07) is 0. The molecule has 4 aliphatic rings. The third-order valence-corrected chi connectivity index (χ3v) is 4.43. The number of ether oxygens (including phenoxy) is 1. The Morgan fingerprint density at radius 2 is 2.13 bits per heavy atom. The van der Waals surface area contributed by atoms with Gasteiger partial charge in [-0.15, -0.1) is 0 Å². The SMILES string of the molecule is CCC1CCNC2(CN3CCC2CC3)O1. The Labute approximate surface area is 92.2 Å². The van der Waals surface area contributed by atoms with Crippen LogP contribution in [0.1, 0.15) is 32.6 Å². The first-order valence-electron chi connectivity index (χ1n) is 6.47. The zero-order valence-electron chi connectivity index (χ0n) is 9.67. The number of piperidine rings is 3. The van der Waals surface area contributed by atoms with E-state index in [0.717, 1.165) is 25.4 Å². The molecule has 2 atom stereocenters. The molecule has 86 valence electrons. The minimum Gasteiger partial charge on any atom is -0.356 e. The van der Waals surface area contributed by atoms with Crippen molar-refractivity contribution in [2.24, 2.45) is 5.92 Å². The van der Waals surface area contributed by atoms with E-state index in [4.69, 9.17) is 4.74 Å². The maximum atomic E-state index is 6.35. The van der Waals surface area contributed by atoms with Crippen LogP contribution < -0.4 is 5.32 Å². The van der Waals surface area contributed by atoms with Crippen molar-refractivity contribution in [3.8, 4) is 0 Å². The standard InChI is InChI=1S/C12H22N2O/c1-2-11-3-6-13-12(15-11)9-14-7-4-10(12)5-8-14/h10-11,13H,2-9H2,1H3. The van der Waals surface area contributed by atoms with E-state index in [0.29, 0.717) is 6.10 Å². The highest BCUT2D eigenvalue weighted by Crippen LogP contribution is 2.39. The lowest BCUT2D eigenvalue weighted by molar-refractivity contribution is -0.217. The van der Waals surface area contributed by atoms with E-state index in [1.165, 1.54) is 32.4 Å². The molecule has 4 aliphatic heterocycles. The van der Waals surface area contributed by atoms with Crippen molar-refractivity contribution in [1.29, 1.82) is 0 Å². The molecule has 2 bridgehead atoms. The van der Waals surface area contributed by atoms with Crippen molar-refractivity contribution in [3.05, 3.63) is 0 Å². The van der Waals surface area contributed by atoms with E-state index in [2.05, 4.69) is 17.1 Å². The number of hydrogen-bond donors (Lipinski definition) is 1. The minimum absolute atomic E-state index is 0.0232. The average Bonchev–Trinajstić information content (AvgIpc) is 2.30. The molecule has 4 saturated heterocycles. The van der Waals surface area contributed by atoms with E-state index in [1.807, 2.05) is 0 Å². The second-order valence-corrected chi connectivity index (χ2v) is 5.30. The summed E-state index contributed by atoms with van der Waals surface area (Å²) < 4.78 is 6.35. The van der Waals surface area contributed by atoms with Gasteiger partial charge in [0.2, 0.25) is 0 Å². The molecular weight excluding hydrogens is 188 g/mol. The van der Waals surface area contributed by atoms with Crippen LogP contribution in [0.15, 0.2) is 0 Å². The lowest BCUT2D eigenvalue weighted by Gasteiger charge is -2.56. The van der Waals surface area contributed by atoms with Gasteiger partial charge < -0.3 is 4.74 Å². The first-order chi connectivity index (χ1) is 7.32. The second-order valence-electron chi connectivity index (χ2n) is 5.30. The van der Waals surface area contributed by atoms with Gasteiger partial charge in [0.1, 0.15) is 5.72 Å². The molecule has 0 aromatic heterocycles. The van der Waals surface area contributed by atoms with Crippen LogP contribution in [0.4, 0.5) is 0 Å². The maximum Gasteiger partial charge on any atom is 0.135 e. The molecule has 1 spiro atoms. The van der Waals surface area contributed by atoms with E-state index >= 15 is 0 Å². The van der Waals surface area contributed by atoms with Gasteiger partial charge in [-0.3, -0.25) is 10.2 Å². The third-order valence-electron chi connectivity index (χ3n) is 4.43. The van der Waals surface area contributed by atoms with E-state index in [1.54, 1.807) is 0 Å². The van der Waals surface area contributed by atoms with Gasteiger partial charge in [-0.2, -0.15) is 0 Å². The summed E-state index contributed by atoms with van der Waals surface area (Å²) in [4.78, 5) is 2.56. The van der Waals surface area contributed by atoms with Crippen LogP contribution in [-0.2, 0) is 4.74 Å². The molecule has 2 unspecified atom stereocenters. The largest absolute Gasteiger partial charge is 0.356 e. The molecule has 15 heavy (non-hydrogen) atoms. The highest BCUT2D eigenvalue weighted by atomic mass is 16.5. The first kappa shape index (κ1) is 10.1. The number of nitrogens with zero attached hydrogens (tertiary/aromatic N) is 1. The van der Waals surface area contributed by atoms with Gasteiger partial charge in [0.05, 0.1) is 6.10 Å². The molecule has 1 N–H and O–H groups in total. The molecule has 0 aromatic rings. The monoisotopic (exact) mass is 210 g/mol. The topological polar surface area (TPSA) is 24.5 Å². The number of nitrogens with one attached hydrogen (secondary N) is 1. The fourth-order valence-corrected chi connectivity index (χ4v) is 3.48. The molecular formula is C12H22N2O. The summed E-state index contributed by atoms with van der Waals surface area (Å²) in [5.41, 5.74) is 0.0232. The molecule has 3 heteroatoms. The molecule has 0 amide bonds. The summed E-state index contributed by atoms with van der Waals surface area (Å²) in [6.07, 6.45) is 5.49. The highest BCUT2D eigenvalue weighted by Gasteiger charge is 2.49. The molecule has 4 heterocycles. The normalized spacial score (nSPS) is 49.8. The Morgan fingerprint density at radius 1 is 1.33 bits per heavy atom. The number of hydrogen-bond acceptors (Lipinski definition) is 3. The van der Waals surface area contributed by atoms with Crippen LogP contribution in [0.25, 0.3) is 0 Å². The zero-order chi connectivity index (χ0) is 10.3. The molecule has 0 radical (unpaired) electrons. The third kappa shape index (κ3) is 1.61. The van der Waals surface area contributed by atoms with Crippen LogP contribution in [0.3, 0.4) is 0 Å². The van der Waals surface area contributed by atoms with Gasteiger partial charge in [-0.25, -0.2) is 0 Å². The van der Waals surface area contributed by atoms with Crippen LogP contribution >= 0.6 is 0 Å². The number of rotatable bonds is 1. The summed E-state index contributed by atoms with van der Waals surface area (Å²) in [7, 11) is 0. The summed E-state index contributed by atoms with van der Waals surface area (Å²) in [5.74, 6) is 0.761. The Hall–Kier alpha value is -0.120. The summed E-state index contributed by atoms with van der Waals surface area (Å²) in [5, 5.41) is 3.67. The minimum atomic E-state index is 0.0232. The Balaban J connectivity index is 1.77. The fraction of sp³-hybridized carbons (Fsp3) is 1.00.